The first-order chi connectivity index (χ1) is 9.36. The van der Waals surface area contributed by atoms with E-state index in [9.17, 15) is 17.2 Å². The van der Waals surface area contributed by atoms with Crippen LogP contribution in [0.2, 0.25) is 0 Å². The van der Waals surface area contributed by atoms with Gasteiger partial charge >= 0.3 is 10.2 Å². The zero-order valence-electron chi connectivity index (χ0n) is 10.8. The predicted octanol–water partition coefficient (Wildman–Crippen LogP) is 1.97. The molecule has 0 aromatic heterocycles. The van der Waals surface area contributed by atoms with Gasteiger partial charge in [-0.2, -0.15) is 21.5 Å². The molecule has 0 bridgehead atoms. The van der Waals surface area contributed by atoms with Gasteiger partial charge in [0.25, 0.3) is 5.76 Å². The van der Waals surface area contributed by atoms with Gasteiger partial charge in [-0.05, 0) is 18.6 Å². The highest BCUT2D eigenvalue weighted by atomic mass is 32.2. The van der Waals surface area contributed by atoms with Crippen LogP contribution in [0.4, 0.5) is 14.5 Å². The number of para-hydroxylation sites is 1. The highest BCUT2D eigenvalue weighted by Gasteiger charge is 2.19. The molecule has 0 aliphatic rings. The molecule has 0 aliphatic carbocycles. The summed E-state index contributed by atoms with van der Waals surface area (Å²) in [6, 6.07) is 5.95. The summed E-state index contributed by atoms with van der Waals surface area (Å²) in [5.74, 6) is -2.63. The van der Waals surface area contributed by atoms with E-state index < -0.39 is 16.0 Å². The van der Waals surface area contributed by atoms with E-state index in [-0.39, 0.29) is 35.5 Å². The molecule has 0 atom stereocenters. The van der Waals surface area contributed by atoms with Crippen LogP contribution in [0, 0.1) is 0 Å². The van der Waals surface area contributed by atoms with Gasteiger partial charge < -0.3 is 5.11 Å². The molecule has 2 N–H and O–H groups in total. The summed E-state index contributed by atoms with van der Waals surface area (Å²) in [6.45, 7) is 0.00761. The molecule has 114 valence electrons. The number of thioether (sulfide) groups is 1. The number of rotatable bonds is 8. The van der Waals surface area contributed by atoms with Gasteiger partial charge in [0.15, 0.2) is 0 Å². The van der Waals surface area contributed by atoms with Gasteiger partial charge in [0.2, 0.25) is 0 Å². The number of anilines is 1. The first-order valence-corrected chi connectivity index (χ1v) is 8.07. The summed E-state index contributed by atoms with van der Waals surface area (Å²) in [5.41, 5.74) is 0.105. The van der Waals surface area contributed by atoms with Crippen molar-refractivity contribution in [2.45, 2.75) is 17.1 Å². The Labute approximate surface area is 121 Å². The van der Waals surface area contributed by atoms with Crippen molar-refractivity contribution >= 4 is 27.7 Å². The molecule has 0 fully saturated rings. The Morgan fingerprint density at radius 1 is 1.40 bits per heavy atom. The van der Waals surface area contributed by atoms with E-state index in [1.165, 1.54) is 19.2 Å². The molecule has 0 aliphatic heterocycles. The van der Waals surface area contributed by atoms with Gasteiger partial charge in [0.05, 0.1) is 5.69 Å². The van der Waals surface area contributed by atoms with Crippen LogP contribution in [0.5, 0.6) is 0 Å². The molecular formula is C11H16F2N2O3S2. The summed E-state index contributed by atoms with van der Waals surface area (Å²) in [5, 5.41) is 8.69. The maximum Gasteiger partial charge on any atom is 0.301 e. The molecule has 0 spiro atoms. The minimum atomic E-state index is -3.83. The Balaban J connectivity index is 2.86. The van der Waals surface area contributed by atoms with Crippen molar-refractivity contribution in [3.05, 3.63) is 24.3 Å². The Kier molecular flexibility index (Phi) is 6.66. The molecule has 20 heavy (non-hydrogen) atoms. The second-order valence-electron chi connectivity index (χ2n) is 3.88. The first-order valence-electron chi connectivity index (χ1n) is 5.75. The van der Waals surface area contributed by atoms with Crippen LogP contribution in [-0.2, 0) is 10.2 Å². The number of benzene rings is 1. The van der Waals surface area contributed by atoms with Crippen LogP contribution in [0.3, 0.4) is 0 Å². The molecule has 0 unspecified atom stereocenters. The smallest absolute Gasteiger partial charge is 0.301 e. The Morgan fingerprint density at radius 3 is 2.65 bits per heavy atom. The molecule has 1 rings (SSSR count). The van der Waals surface area contributed by atoms with E-state index in [0.717, 1.165) is 4.31 Å². The van der Waals surface area contributed by atoms with Crippen LogP contribution in [-0.4, -0.2) is 43.8 Å². The average molecular weight is 326 g/mol. The van der Waals surface area contributed by atoms with Crippen LogP contribution in [0.1, 0.15) is 6.42 Å². The van der Waals surface area contributed by atoms with E-state index in [1.807, 2.05) is 0 Å². The van der Waals surface area contributed by atoms with Gasteiger partial charge in [-0.25, -0.2) is 0 Å². The van der Waals surface area contributed by atoms with E-state index in [0.29, 0.717) is 6.42 Å². The number of nitrogens with zero attached hydrogens (tertiary/aromatic N) is 1. The standard InChI is InChI=1S/C11H16F2N2O3S2/c1-15(7-4-8-16)20(17,18)14-9-5-2-3-6-10(9)19-11(12)13/h2-3,5-6,11,14,16H,4,7-8H2,1H3. The predicted molar refractivity (Wildman–Crippen MR) is 75.2 cm³/mol. The minimum absolute atomic E-state index is 0.105. The van der Waals surface area contributed by atoms with Crippen molar-refractivity contribution in [1.82, 2.24) is 4.31 Å². The minimum Gasteiger partial charge on any atom is -0.396 e. The normalized spacial score (nSPS) is 12.1. The lowest BCUT2D eigenvalue weighted by molar-refractivity contribution is 0.252. The van der Waals surface area contributed by atoms with Gasteiger partial charge in [0.1, 0.15) is 0 Å². The molecule has 0 radical (unpaired) electrons. The molecule has 9 heteroatoms. The van der Waals surface area contributed by atoms with E-state index in [2.05, 4.69) is 4.72 Å². The second-order valence-corrected chi connectivity index (χ2v) is 6.69. The maximum atomic E-state index is 12.4. The Bertz CT molecular complexity index is 526. The van der Waals surface area contributed by atoms with Gasteiger partial charge in [-0.15, -0.1) is 0 Å². The van der Waals surface area contributed by atoms with E-state index in [1.54, 1.807) is 12.1 Å². The molecule has 5 nitrogen and oxygen atoms in total. The van der Waals surface area contributed by atoms with Crippen molar-refractivity contribution in [3.63, 3.8) is 0 Å². The number of halogens is 2. The van der Waals surface area contributed by atoms with Crippen molar-refractivity contribution < 1.29 is 22.3 Å². The SMILES string of the molecule is CN(CCCO)S(=O)(=O)Nc1ccccc1SC(F)F. The molecule has 0 heterocycles. The van der Waals surface area contributed by atoms with Gasteiger partial charge in [-0.3, -0.25) is 4.72 Å². The zero-order valence-corrected chi connectivity index (χ0v) is 12.4. The van der Waals surface area contributed by atoms with Crippen LogP contribution >= 0.6 is 11.8 Å². The lowest BCUT2D eigenvalue weighted by Gasteiger charge is -2.19. The van der Waals surface area contributed by atoms with Crippen LogP contribution in [0.25, 0.3) is 0 Å². The largest absolute Gasteiger partial charge is 0.396 e. The molecule has 0 saturated heterocycles. The average Bonchev–Trinajstić information content (AvgIpc) is 2.37. The maximum absolute atomic E-state index is 12.4. The van der Waals surface area contributed by atoms with Crippen LogP contribution < -0.4 is 4.72 Å². The number of nitrogens with one attached hydrogen (secondary N) is 1. The van der Waals surface area contributed by atoms with Crippen LogP contribution in [0.15, 0.2) is 29.2 Å². The highest BCUT2D eigenvalue weighted by molar-refractivity contribution is 7.99. The summed E-state index contributed by atoms with van der Waals surface area (Å²) in [4.78, 5) is 0.154. The molecule has 1 aromatic rings. The topological polar surface area (TPSA) is 69.6 Å². The van der Waals surface area contributed by atoms with Crippen molar-refractivity contribution in [2.24, 2.45) is 0 Å². The monoisotopic (exact) mass is 326 g/mol. The fraction of sp³-hybridized carbons (Fsp3) is 0.455. The molecular weight excluding hydrogens is 310 g/mol. The molecule has 0 saturated carbocycles. The summed E-state index contributed by atoms with van der Waals surface area (Å²) >= 11 is 0.277. The van der Waals surface area contributed by atoms with Gasteiger partial charge in [-0.1, -0.05) is 23.9 Å². The van der Waals surface area contributed by atoms with E-state index >= 15 is 0 Å². The lowest BCUT2D eigenvalue weighted by atomic mass is 10.3. The first kappa shape index (κ1) is 17.2. The Morgan fingerprint density at radius 2 is 2.05 bits per heavy atom. The quantitative estimate of drug-likeness (QED) is 0.717. The third-order valence-corrected chi connectivity index (χ3v) is 4.65. The molecule has 1 aromatic carbocycles. The third-order valence-electron chi connectivity index (χ3n) is 2.38. The van der Waals surface area contributed by atoms with Crippen molar-refractivity contribution in [1.29, 1.82) is 0 Å². The fourth-order valence-electron chi connectivity index (χ4n) is 1.38. The number of alkyl halides is 2. The third kappa shape index (κ3) is 5.23. The highest BCUT2D eigenvalue weighted by Crippen LogP contribution is 2.32. The second kappa shape index (κ2) is 7.77. The summed E-state index contributed by atoms with van der Waals surface area (Å²) < 4.78 is 52.1. The summed E-state index contributed by atoms with van der Waals surface area (Å²) in [7, 11) is -2.48. The number of aliphatic hydroxyl groups excluding tert-OH is 1. The van der Waals surface area contributed by atoms with Gasteiger partial charge in [0, 0.05) is 25.1 Å². The lowest BCUT2D eigenvalue weighted by Crippen LogP contribution is -2.33. The van der Waals surface area contributed by atoms with Crippen molar-refractivity contribution in [3.8, 4) is 0 Å². The number of hydrogen-bond donors (Lipinski definition) is 2. The molecule has 0 amide bonds. The summed E-state index contributed by atoms with van der Waals surface area (Å²) in [6.07, 6.45) is 0.296. The zero-order chi connectivity index (χ0) is 15.2. The number of hydrogen-bond acceptors (Lipinski definition) is 4. The van der Waals surface area contributed by atoms with E-state index in [4.69, 9.17) is 5.11 Å². The Hall–Kier alpha value is -0.900. The fourth-order valence-corrected chi connectivity index (χ4v) is 3.02. The number of aliphatic hydroxyl groups is 1. The van der Waals surface area contributed by atoms with Crippen molar-refractivity contribution in [2.75, 3.05) is 24.9 Å².